The Hall–Kier alpha value is -1.55. The number of nitrogens with one attached hydrogen (secondary N) is 1. The molecule has 0 radical (unpaired) electrons. The van der Waals surface area contributed by atoms with Crippen molar-refractivity contribution in [2.45, 2.75) is 69.7 Å². The zero-order valence-electron chi connectivity index (χ0n) is 15.1. The molecule has 1 amide bonds. The van der Waals surface area contributed by atoms with E-state index >= 15 is 0 Å². The van der Waals surface area contributed by atoms with E-state index in [1.165, 1.54) is 6.42 Å². The summed E-state index contributed by atoms with van der Waals surface area (Å²) in [6.07, 6.45) is 6.79. The van der Waals surface area contributed by atoms with Crippen LogP contribution in [0.15, 0.2) is 35.5 Å². The minimum atomic E-state index is -0.535. The molecule has 2 fully saturated rings. The Kier molecular flexibility index (Phi) is 5.38. The number of benzene rings is 1. The Morgan fingerprint density at radius 3 is 2.64 bits per heavy atom. The Bertz CT molecular complexity index is 644. The van der Waals surface area contributed by atoms with Crippen molar-refractivity contribution < 1.29 is 9.63 Å². The van der Waals surface area contributed by atoms with E-state index in [4.69, 9.17) is 16.4 Å². The second-order valence-electron chi connectivity index (χ2n) is 7.62. The number of halogens is 1. The molecule has 0 aromatic heterocycles. The first-order valence-electron chi connectivity index (χ1n) is 9.23. The number of alkyl halides is 1. The molecule has 0 bridgehead atoms. The van der Waals surface area contributed by atoms with Crippen LogP contribution >= 0.6 is 11.6 Å². The second kappa shape index (κ2) is 7.36. The van der Waals surface area contributed by atoms with Crippen molar-refractivity contribution in [3.05, 3.63) is 35.9 Å². The van der Waals surface area contributed by atoms with Gasteiger partial charge in [-0.2, -0.15) is 0 Å². The van der Waals surface area contributed by atoms with Crippen LogP contribution < -0.4 is 5.32 Å². The SMILES string of the molecule is C[C@@H](NC(=O)O/N=C1\CCC[C@@]2(C)CCCC[C@]12Cl)c1ccccc1. The molecule has 136 valence electrons. The lowest BCUT2D eigenvalue weighted by molar-refractivity contribution is 0.131. The largest absolute Gasteiger partial charge is 0.433 e. The van der Waals surface area contributed by atoms with E-state index in [-0.39, 0.29) is 11.5 Å². The predicted octanol–water partition coefficient (Wildman–Crippen LogP) is 5.57. The summed E-state index contributed by atoms with van der Waals surface area (Å²) < 4.78 is 0. The molecule has 0 saturated heterocycles. The third kappa shape index (κ3) is 3.69. The predicted molar refractivity (Wildman–Crippen MR) is 101 cm³/mol. The number of fused-ring (bicyclic) bond motifs is 1. The molecule has 25 heavy (non-hydrogen) atoms. The highest BCUT2D eigenvalue weighted by Crippen LogP contribution is 2.55. The smallest absolute Gasteiger partial charge is 0.313 e. The van der Waals surface area contributed by atoms with Crippen LogP contribution in [0.2, 0.25) is 0 Å². The number of oxime groups is 1. The number of rotatable bonds is 3. The van der Waals surface area contributed by atoms with Gasteiger partial charge in [0.15, 0.2) is 0 Å². The molecular weight excluding hydrogens is 336 g/mol. The molecule has 3 atom stereocenters. The van der Waals surface area contributed by atoms with Gasteiger partial charge in [0.05, 0.1) is 16.6 Å². The van der Waals surface area contributed by atoms with Crippen LogP contribution in [-0.4, -0.2) is 16.7 Å². The van der Waals surface area contributed by atoms with Gasteiger partial charge in [0, 0.05) is 0 Å². The van der Waals surface area contributed by atoms with Gasteiger partial charge in [0.1, 0.15) is 0 Å². The Labute approximate surface area is 155 Å². The molecule has 0 unspecified atom stereocenters. The van der Waals surface area contributed by atoms with Crippen molar-refractivity contribution in [1.29, 1.82) is 0 Å². The number of hydrogen-bond acceptors (Lipinski definition) is 3. The molecule has 3 rings (SSSR count). The Morgan fingerprint density at radius 1 is 1.20 bits per heavy atom. The van der Waals surface area contributed by atoms with Gasteiger partial charge >= 0.3 is 6.09 Å². The Morgan fingerprint density at radius 2 is 1.88 bits per heavy atom. The van der Waals surface area contributed by atoms with Crippen LogP contribution in [0.1, 0.15) is 70.4 Å². The van der Waals surface area contributed by atoms with E-state index in [9.17, 15) is 4.79 Å². The zero-order chi connectivity index (χ0) is 17.9. The standard InChI is InChI=1S/C20H27ClN2O2/c1-15(16-9-4-3-5-10-16)22-18(24)25-23-17-11-8-13-19(2)12-6-7-14-20(17,19)21/h3-5,9-10,15H,6-8,11-14H2,1-2H3,(H,22,24)/b23-17+/t15-,19-,20+/m1/s1. The number of hydrogen-bond donors (Lipinski definition) is 1. The molecule has 1 aromatic rings. The first kappa shape index (κ1) is 18.2. The van der Waals surface area contributed by atoms with E-state index in [1.807, 2.05) is 37.3 Å². The van der Waals surface area contributed by atoms with Gasteiger partial charge in [0.25, 0.3) is 0 Å². The van der Waals surface area contributed by atoms with Crippen molar-refractivity contribution in [1.82, 2.24) is 5.32 Å². The molecule has 5 heteroatoms. The van der Waals surface area contributed by atoms with Gasteiger partial charge in [-0.05, 0) is 50.0 Å². The molecule has 1 aromatic carbocycles. The molecule has 2 aliphatic rings. The summed E-state index contributed by atoms with van der Waals surface area (Å²) in [5.74, 6) is 0. The minimum Gasteiger partial charge on any atom is -0.313 e. The highest BCUT2D eigenvalue weighted by molar-refractivity contribution is 6.37. The average molecular weight is 363 g/mol. The van der Waals surface area contributed by atoms with Gasteiger partial charge in [-0.15, -0.1) is 11.6 Å². The second-order valence-corrected chi connectivity index (χ2v) is 8.26. The van der Waals surface area contributed by atoms with E-state index < -0.39 is 11.0 Å². The molecule has 0 aliphatic heterocycles. The zero-order valence-corrected chi connectivity index (χ0v) is 15.8. The number of nitrogens with zero attached hydrogens (tertiary/aromatic N) is 1. The average Bonchev–Trinajstić information content (AvgIpc) is 2.61. The third-order valence-corrected chi connectivity index (χ3v) is 6.79. The van der Waals surface area contributed by atoms with Crippen molar-refractivity contribution in [2.24, 2.45) is 10.6 Å². The van der Waals surface area contributed by atoms with E-state index in [1.54, 1.807) is 0 Å². The summed E-state index contributed by atoms with van der Waals surface area (Å²) >= 11 is 7.03. The normalized spacial score (nSPS) is 31.9. The summed E-state index contributed by atoms with van der Waals surface area (Å²) in [6.45, 7) is 4.18. The van der Waals surface area contributed by atoms with Crippen LogP contribution in [0.3, 0.4) is 0 Å². The van der Waals surface area contributed by atoms with Gasteiger partial charge in [-0.25, -0.2) is 4.79 Å². The van der Waals surface area contributed by atoms with E-state index in [0.717, 1.165) is 49.8 Å². The fourth-order valence-electron chi connectivity index (χ4n) is 4.29. The maximum atomic E-state index is 12.1. The first-order chi connectivity index (χ1) is 11.9. The van der Waals surface area contributed by atoms with Gasteiger partial charge in [-0.3, -0.25) is 4.84 Å². The minimum absolute atomic E-state index is 0.0566. The van der Waals surface area contributed by atoms with Crippen LogP contribution in [0, 0.1) is 5.41 Å². The fraction of sp³-hybridized carbons (Fsp3) is 0.600. The van der Waals surface area contributed by atoms with Crippen LogP contribution in [-0.2, 0) is 4.84 Å². The van der Waals surface area contributed by atoms with Gasteiger partial charge in [-0.1, -0.05) is 55.3 Å². The number of carbonyl (C=O) groups excluding carboxylic acids is 1. The lowest BCUT2D eigenvalue weighted by Crippen LogP contribution is -2.53. The number of carbonyl (C=O) groups is 1. The summed E-state index contributed by atoms with van der Waals surface area (Å²) in [4.78, 5) is 16.9. The summed E-state index contributed by atoms with van der Waals surface area (Å²) in [5.41, 5.74) is 1.92. The summed E-state index contributed by atoms with van der Waals surface area (Å²) in [5, 5.41) is 7.02. The van der Waals surface area contributed by atoms with Crippen molar-refractivity contribution >= 4 is 23.4 Å². The maximum Gasteiger partial charge on any atom is 0.433 e. The molecule has 2 saturated carbocycles. The highest BCUT2D eigenvalue weighted by Gasteiger charge is 2.53. The lowest BCUT2D eigenvalue weighted by atomic mass is 9.59. The van der Waals surface area contributed by atoms with Gasteiger partial charge < -0.3 is 5.32 Å². The molecule has 1 N–H and O–H groups in total. The molecule has 4 nitrogen and oxygen atoms in total. The first-order valence-corrected chi connectivity index (χ1v) is 9.61. The monoisotopic (exact) mass is 362 g/mol. The van der Waals surface area contributed by atoms with Crippen molar-refractivity contribution in [3.63, 3.8) is 0 Å². The maximum absolute atomic E-state index is 12.1. The number of amides is 1. The molecule has 0 spiro atoms. The van der Waals surface area contributed by atoms with E-state index in [2.05, 4.69) is 17.4 Å². The quantitative estimate of drug-likeness (QED) is 0.434. The lowest BCUT2D eigenvalue weighted by Gasteiger charge is -2.51. The molecular formula is C20H27ClN2O2. The third-order valence-electron chi connectivity index (χ3n) is 5.93. The van der Waals surface area contributed by atoms with Crippen LogP contribution in [0.5, 0.6) is 0 Å². The molecule has 2 aliphatic carbocycles. The molecule has 0 heterocycles. The summed E-state index contributed by atoms with van der Waals surface area (Å²) in [7, 11) is 0. The van der Waals surface area contributed by atoms with Crippen molar-refractivity contribution in [2.75, 3.05) is 0 Å². The fourth-order valence-corrected chi connectivity index (χ4v) is 4.74. The topological polar surface area (TPSA) is 50.7 Å². The Balaban J connectivity index is 1.65. The summed E-state index contributed by atoms with van der Waals surface area (Å²) in [6, 6.07) is 9.65. The van der Waals surface area contributed by atoms with Crippen molar-refractivity contribution in [3.8, 4) is 0 Å². The van der Waals surface area contributed by atoms with Crippen LogP contribution in [0.4, 0.5) is 4.79 Å². The highest BCUT2D eigenvalue weighted by atomic mass is 35.5. The van der Waals surface area contributed by atoms with E-state index in [0.29, 0.717) is 0 Å². The van der Waals surface area contributed by atoms with Crippen LogP contribution in [0.25, 0.3) is 0 Å². The van der Waals surface area contributed by atoms with Gasteiger partial charge in [0.2, 0.25) is 0 Å².